The molecule has 0 aliphatic heterocycles. The number of nitrogens with one attached hydrogen (secondary N) is 1. The predicted molar refractivity (Wildman–Crippen MR) is 139 cm³/mol. The molecule has 10 heteroatoms. The molecule has 0 saturated carbocycles. The number of furan rings is 1. The van der Waals surface area contributed by atoms with E-state index in [0.717, 1.165) is 25.5 Å². The Hall–Kier alpha value is -2.01. The van der Waals surface area contributed by atoms with Crippen LogP contribution in [0.3, 0.4) is 0 Å². The monoisotopic (exact) mass is 700 g/mol. The van der Waals surface area contributed by atoms with E-state index in [0.29, 0.717) is 20.3 Å². The molecule has 0 atom stereocenters. The van der Waals surface area contributed by atoms with Gasteiger partial charge in [0.25, 0.3) is 0 Å². The fourth-order valence-electron chi connectivity index (χ4n) is 2.94. The number of rotatable bonds is 6. The molecule has 4 rings (SSSR count). The zero-order chi connectivity index (χ0) is 23.5. The van der Waals surface area contributed by atoms with Crippen LogP contribution in [-0.2, 0) is 6.61 Å². The third-order valence-electron chi connectivity index (χ3n) is 4.46. The molecule has 0 bridgehead atoms. The fraction of sp³-hybridized carbons (Fsp3) is 0.0435. The van der Waals surface area contributed by atoms with Crippen molar-refractivity contribution >= 4 is 86.8 Å². The van der Waals surface area contributed by atoms with E-state index >= 15 is 0 Å². The van der Waals surface area contributed by atoms with Crippen molar-refractivity contribution in [2.45, 2.75) is 6.61 Å². The molecule has 0 radical (unpaired) electrons. The van der Waals surface area contributed by atoms with Crippen molar-refractivity contribution in [1.29, 1.82) is 0 Å². The summed E-state index contributed by atoms with van der Waals surface area (Å²) >= 11 is 13.8. The smallest absolute Gasteiger partial charge is 0.307 e. The molecule has 4 aromatic rings. The van der Waals surface area contributed by atoms with Gasteiger partial charge in [-0.3, -0.25) is 4.79 Å². The minimum absolute atomic E-state index is 0.146. The van der Waals surface area contributed by atoms with Crippen LogP contribution in [0.15, 0.2) is 82.0 Å². The highest BCUT2D eigenvalue weighted by molar-refractivity contribution is 9.11. The molecule has 1 amide bonds. The second-order valence-electron chi connectivity index (χ2n) is 6.84. The zero-order valence-electron chi connectivity index (χ0n) is 16.5. The molecular weight excluding hydrogens is 691 g/mol. The number of carbonyl (C=O) groups excluding carboxylic acids is 1. The summed E-state index contributed by atoms with van der Waals surface area (Å²) in [5.41, 5.74) is 4.61. The van der Waals surface area contributed by atoms with Crippen LogP contribution in [0.25, 0.3) is 11.0 Å². The van der Waals surface area contributed by atoms with Crippen LogP contribution in [0.5, 0.6) is 5.75 Å². The molecule has 0 aliphatic rings. The Morgan fingerprint density at radius 3 is 2.39 bits per heavy atom. The Morgan fingerprint density at radius 1 is 1.00 bits per heavy atom. The van der Waals surface area contributed by atoms with Gasteiger partial charge in [0.15, 0.2) is 5.76 Å². The molecule has 168 valence electrons. The Morgan fingerprint density at radius 2 is 1.70 bits per heavy atom. The van der Waals surface area contributed by atoms with Crippen LogP contribution in [0.4, 0.5) is 4.39 Å². The lowest BCUT2D eigenvalue weighted by Gasteiger charge is -2.11. The Balaban J connectivity index is 1.42. The van der Waals surface area contributed by atoms with Crippen LogP contribution >= 0.6 is 63.7 Å². The van der Waals surface area contributed by atoms with E-state index in [1.54, 1.807) is 30.3 Å². The molecule has 0 saturated heterocycles. The molecule has 0 spiro atoms. The van der Waals surface area contributed by atoms with E-state index in [4.69, 9.17) is 9.15 Å². The van der Waals surface area contributed by atoms with E-state index < -0.39 is 5.91 Å². The fourth-order valence-corrected chi connectivity index (χ4v) is 5.73. The quantitative estimate of drug-likeness (QED) is 0.164. The maximum Gasteiger partial charge on any atom is 0.307 e. The second kappa shape index (κ2) is 10.5. The highest BCUT2D eigenvalue weighted by Crippen LogP contribution is 2.35. The first-order valence-corrected chi connectivity index (χ1v) is 12.6. The number of nitrogens with zero attached hydrogens (tertiary/aromatic N) is 1. The number of hydrazone groups is 1. The predicted octanol–water partition coefficient (Wildman–Crippen LogP) is 7.96. The van der Waals surface area contributed by atoms with Gasteiger partial charge in [-0.05, 0) is 101 Å². The Kier molecular flexibility index (Phi) is 7.68. The maximum atomic E-state index is 13.0. The standard InChI is InChI=1S/C23H13Br4FN2O3/c24-15-7-14-8-20(33-21(14)19(27)9-15)23(31)30-29-10-13-5-17(25)22(18(26)6-13)32-11-12-1-3-16(28)4-2-12/h1-10H,11H2,(H,30,31)/b29-10-. The Labute approximate surface area is 221 Å². The minimum Gasteiger partial charge on any atom is -0.487 e. The summed E-state index contributed by atoms with van der Waals surface area (Å²) in [5, 5.41) is 4.80. The number of benzene rings is 3. The van der Waals surface area contributed by atoms with Gasteiger partial charge in [0.05, 0.1) is 19.6 Å². The molecule has 5 nitrogen and oxygen atoms in total. The van der Waals surface area contributed by atoms with Gasteiger partial charge in [-0.2, -0.15) is 5.10 Å². The lowest BCUT2D eigenvalue weighted by Crippen LogP contribution is -2.16. The first-order chi connectivity index (χ1) is 15.8. The van der Waals surface area contributed by atoms with Gasteiger partial charge in [-0.15, -0.1) is 0 Å². The summed E-state index contributed by atoms with van der Waals surface area (Å²) in [6.45, 7) is 0.283. The first kappa shape index (κ1) is 24.1. The van der Waals surface area contributed by atoms with Crippen LogP contribution in [0, 0.1) is 5.82 Å². The number of carbonyl (C=O) groups is 1. The number of fused-ring (bicyclic) bond motifs is 1. The number of halogens is 5. The van der Waals surface area contributed by atoms with Gasteiger partial charge >= 0.3 is 5.91 Å². The lowest BCUT2D eigenvalue weighted by molar-refractivity contribution is 0.0929. The topological polar surface area (TPSA) is 63.8 Å². The van der Waals surface area contributed by atoms with Crippen molar-refractivity contribution in [3.63, 3.8) is 0 Å². The molecule has 33 heavy (non-hydrogen) atoms. The molecule has 1 aromatic heterocycles. The molecule has 1 N–H and O–H groups in total. The van der Waals surface area contributed by atoms with E-state index in [9.17, 15) is 9.18 Å². The van der Waals surface area contributed by atoms with E-state index in [1.165, 1.54) is 18.3 Å². The van der Waals surface area contributed by atoms with Crippen molar-refractivity contribution in [2.75, 3.05) is 0 Å². The lowest BCUT2D eigenvalue weighted by atomic mass is 10.2. The van der Waals surface area contributed by atoms with Crippen LogP contribution in [0.2, 0.25) is 0 Å². The third-order valence-corrected chi connectivity index (χ3v) is 6.68. The van der Waals surface area contributed by atoms with Crippen molar-refractivity contribution < 1.29 is 18.3 Å². The van der Waals surface area contributed by atoms with E-state index in [2.05, 4.69) is 74.2 Å². The average Bonchev–Trinajstić information content (AvgIpc) is 3.19. The SMILES string of the molecule is O=C(N/N=C\c1cc(Br)c(OCc2ccc(F)cc2)c(Br)c1)c1cc2cc(Br)cc(Br)c2o1. The van der Waals surface area contributed by atoms with Gasteiger partial charge in [0.2, 0.25) is 0 Å². The van der Waals surface area contributed by atoms with Gasteiger partial charge in [-0.25, -0.2) is 9.82 Å². The number of hydrogen-bond donors (Lipinski definition) is 1. The average molecular weight is 704 g/mol. The zero-order valence-corrected chi connectivity index (χ0v) is 22.9. The normalized spacial score (nSPS) is 11.3. The summed E-state index contributed by atoms with van der Waals surface area (Å²) in [5.74, 6) is -0.0201. The van der Waals surface area contributed by atoms with Crippen molar-refractivity contribution in [1.82, 2.24) is 5.43 Å². The molecule has 0 aliphatic carbocycles. The van der Waals surface area contributed by atoms with Gasteiger partial charge in [0.1, 0.15) is 23.8 Å². The summed E-state index contributed by atoms with van der Waals surface area (Å²) in [6.07, 6.45) is 1.51. The van der Waals surface area contributed by atoms with Crippen LogP contribution < -0.4 is 10.2 Å². The number of ether oxygens (including phenoxy) is 1. The van der Waals surface area contributed by atoms with Gasteiger partial charge in [0, 0.05) is 9.86 Å². The second-order valence-corrected chi connectivity index (χ2v) is 10.3. The highest BCUT2D eigenvalue weighted by atomic mass is 79.9. The van der Waals surface area contributed by atoms with Crippen molar-refractivity contribution in [3.8, 4) is 5.75 Å². The van der Waals surface area contributed by atoms with E-state index in [1.807, 2.05) is 12.1 Å². The summed E-state index contributed by atoms with van der Waals surface area (Å²) in [6, 6.07) is 15.1. The van der Waals surface area contributed by atoms with Gasteiger partial charge < -0.3 is 9.15 Å². The summed E-state index contributed by atoms with van der Waals surface area (Å²) < 4.78 is 27.5. The molecule has 1 heterocycles. The molecule has 0 fully saturated rings. The highest BCUT2D eigenvalue weighted by Gasteiger charge is 2.14. The largest absolute Gasteiger partial charge is 0.487 e. The maximum absolute atomic E-state index is 13.0. The minimum atomic E-state index is -0.470. The number of hydrogen-bond acceptors (Lipinski definition) is 4. The first-order valence-electron chi connectivity index (χ1n) is 9.38. The molecular formula is C23H13Br4FN2O3. The summed E-state index contributed by atoms with van der Waals surface area (Å²) in [7, 11) is 0. The number of amides is 1. The van der Waals surface area contributed by atoms with Gasteiger partial charge in [-0.1, -0.05) is 28.1 Å². The third kappa shape index (κ3) is 5.92. The van der Waals surface area contributed by atoms with Crippen LogP contribution in [0.1, 0.15) is 21.7 Å². The Bertz CT molecular complexity index is 1350. The summed E-state index contributed by atoms with van der Waals surface area (Å²) in [4.78, 5) is 12.4. The molecule has 3 aromatic carbocycles. The van der Waals surface area contributed by atoms with Crippen molar-refractivity contribution in [2.24, 2.45) is 5.10 Å². The van der Waals surface area contributed by atoms with Crippen LogP contribution in [-0.4, -0.2) is 12.1 Å². The van der Waals surface area contributed by atoms with E-state index in [-0.39, 0.29) is 18.2 Å². The van der Waals surface area contributed by atoms with Crippen molar-refractivity contribution in [3.05, 3.63) is 95.2 Å². The molecule has 0 unspecified atom stereocenters.